The Morgan fingerprint density at radius 1 is 1.30 bits per heavy atom. The maximum Gasteiger partial charge on any atom is 0.246 e. The molecule has 2 saturated heterocycles. The second-order valence-electron chi connectivity index (χ2n) is 8.55. The van der Waals surface area contributed by atoms with Crippen LogP contribution in [0.1, 0.15) is 56.4 Å². The number of ketones is 1. The Labute approximate surface area is 158 Å². The molecule has 3 fully saturated rings. The van der Waals surface area contributed by atoms with Crippen molar-refractivity contribution in [2.75, 3.05) is 0 Å². The van der Waals surface area contributed by atoms with Crippen LogP contribution in [-0.2, 0) is 16.1 Å². The number of fused-ring (bicyclic) bond motifs is 2. The predicted octanol–water partition coefficient (Wildman–Crippen LogP) is 3.15. The Balaban J connectivity index is 1.41. The highest BCUT2D eigenvalue weighted by molar-refractivity contribution is 6.05. The van der Waals surface area contributed by atoms with Gasteiger partial charge in [0.2, 0.25) is 5.91 Å². The molecule has 3 heterocycles. The maximum absolute atomic E-state index is 13.2. The summed E-state index contributed by atoms with van der Waals surface area (Å²) in [6.45, 7) is 3.76. The van der Waals surface area contributed by atoms with Crippen molar-refractivity contribution in [1.29, 1.82) is 0 Å². The summed E-state index contributed by atoms with van der Waals surface area (Å²) in [5.41, 5.74) is 1.09. The fourth-order valence-electron chi connectivity index (χ4n) is 4.84. The molecule has 5 rings (SSSR count). The third kappa shape index (κ3) is 2.69. The van der Waals surface area contributed by atoms with E-state index in [-0.39, 0.29) is 36.1 Å². The molecular weight excluding hydrogens is 342 g/mol. The Hall–Kier alpha value is -2.21. The first-order valence-corrected chi connectivity index (χ1v) is 9.92. The number of benzene rings is 1. The molecule has 0 N–H and O–H groups in total. The largest absolute Gasteiger partial charge is 0.344 e. The summed E-state index contributed by atoms with van der Waals surface area (Å²) >= 11 is 0. The van der Waals surface area contributed by atoms with Gasteiger partial charge < -0.3 is 9.64 Å². The average Bonchev–Trinajstić information content (AvgIpc) is 2.97. The minimum Gasteiger partial charge on any atom is -0.344 e. The van der Waals surface area contributed by atoms with Crippen molar-refractivity contribution in [3.63, 3.8) is 0 Å². The summed E-state index contributed by atoms with van der Waals surface area (Å²) in [5.74, 6) is 0.703. The SMILES string of the molecule is CC(=O)c1nn(CC(=O)N2[C@H](CC3CCC3)C[C@@]3(C)O[C@@H]23)c2ccccc12. The van der Waals surface area contributed by atoms with Crippen LogP contribution in [0, 0.1) is 5.92 Å². The summed E-state index contributed by atoms with van der Waals surface area (Å²) in [5, 5.41) is 5.25. The number of carbonyl (C=O) groups excluding carboxylic acids is 2. The van der Waals surface area contributed by atoms with E-state index in [0.29, 0.717) is 5.69 Å². The number of aromatic nitrogens is 2. The molecule has 27 heavy (non-hydrogen) atoms. The number of likely N-dealkylation sites (tertiary alicyclic amines) is 1. The van der Waals surface area contributed by atoms with Crippen LogP contribution in [0.25, 0.3) is 10.9 Å². The summed E-state index contributed by atoms with van der Waals surface area (Å²) in [6.07, 6.45) is 5.80. The lowest BCUT2D eigenvalue weighted by Gasteiger charge is -2.33. The van der Waals surface area contributed by atoms with Gasteiger partial charge in [0.25, 0.3) is 0 Å². The lowest BCUT2D eigenvalue weighted by Crippen LogP contribution is -2.42. The number of hydrogen-bond donors (Lipinski definition) is 0. The predicted molar refractivity (Wildman–Crippen MR) is 100 cm³/mol. The van der Waals surface area contributed by atoms with E-state index < -0.39 is 0 Å². The first kappa shape index (κ1) is 16.9. The molecule has 142 valence electrons. The van der Waals surface area contributed by atoms with Crippen LogP contribution in [0.3, 0.4) is 0 Å². The molecule has 0 unspecified atom stereocenters. The first-order chi connectivity index (χ1) is 13.0. The maximum atomic E-state index is 13.2. The van der Waals surface area contributed by atoms with Gasteiger partial charge in [-0.2, -0.15) is 5.10 Å². The van der Waals surface area contributed by atoms with Gasteiger partial charge in [0, 0.05) is 24.8 Å². The van der Waals surface area contributed by atoms with Gasteiger partial charge >= 0.3 is 0 Å². The zero-order chi connectivity index (χ0) is 18.8. The number of carbonyl (C=O) groups is 2. The van der Waals surface area contributed by atoms with E-state index in [4.69, 9.17) is 4.74 Å². The Morgan fingerprint density at radius 3 is 2.78 bits per heavy atom. The molecule has 0 spiro atoms. The molecule has 1 aromatic heterocycles. The molecule has 3 atom stereocenters. The minimum absolute atomic E-state index is 0.0360. The number of Topliss-reactive ketones (excluding diaryl/α,β-unsaturated/α-hetero) is 1. The van der Waals surface area contributed by atoms with E-state index >= 15 is 0 Å². The molecule has 1 saturated carbocycles. The van der Waals surface area contributed by atoms with Gasteiger partial charge in [0.05, 0.1) is 5.52 Å². The monoisotopic (exact) mass is 367 g/mol. The smallest absolute Gasteiger partial charge is 0.246 e. The topological polar surface area (TPSA) is 67.7 Å². The number of para-hydroxylation sites is 1. The number of ether oxygens (including phenoxy) is 1. The first-order valence-electron chi connectivity index (χ1n) is 9.92. The van der Waals surface area contributed by atoms with Gasteiger partial charge in [-0.05, 0) is 25.3 Å². The van der Waals surface area contributed by atoms with Crippen molar-refractivity contribution in [3.8, 4) is 0 Å². The highest BCUT2D eigenvalue weighted by atomic mass is 16.6. The second-order valence-corrected chi connectivity index (χ2v) is 8.55. The van der Waals surface area contributed by atoms with E-state index in [1.807, 2.05) is 29.2 Å². The molecule has 1 amide bonds. The zero-order valence-corrected chi connectivity index (χ0v) is 15.9. The van der Waals surface area contributed by atoms with E-state index in [2.05, 4.69) is 12.0 Å². The quantitative estimate of drug-likeness (QED) is 0.601. The van der Waals surface area contributed by atoms with Crippen LogP contribution in [-0.4, -0.2) is 44.2 Å². The summed E-state index contributed by atoms with van der Waals surface area (Å²) in [6, 6.07) is 7.86. The van der Waals surface area contributed by atoms with Crippen LogP contribution in [0.15, 0.2) is 24.3 Å². The molecule has 3 aliphatic rings. The Bertz CT molecular complexity index is 932. The summed E-state index contributed by atoms with van der Waals surface area (Å²) in [4.78, 5) is 27.1. The molecular formula is C21H25N3O3. The normalized spacial score (nSPS) is 29.6. The van der Waals surface area contributed by atoms with Crippen molar-refractivity contribution in [2.45, 2.75) is 70.4 Å². The number of rotatable bonds is 5. The molecule has 0 bridgehead atoms. The zero-order valence-electron chi connectivity index (χ0n) is 15.9. The fourth-order valence-corrected chi connectivity index (χ4v) is 4.84. The fraction of sp³-hybridized carbons (Fsp3) is 0.571. The molecule has 6 heteroatoms. The van der Waals surface area contributed by atoms with Gasteiger partial charge in [-0.25, -0.2) is 0 Å². The van der Waals surface area contributed by atoms with Crippen LogP contribution < -0.4 is 0 Å². The summed E-state index contributed by atoms with van der Waals surface area (Å²) in [7, 11) is 0. The summed E-state index contributed by atoms with van der Waals surface area (Å²) < 4.78 is 7.50. The number of amides is 1. The van der Waals surface area contributed by atoms with Gasteiger partial charge in [-0.1, -0.05) is 37.5 Å². The molecule has 2 aromatic rings. The van der Waals surface area contributed by atoms with E-state index in [1.54, 1.807) is 4.68 Å². The lowest BCUT2D eigenvalue weighted by molar-refractivity contribution is -0.137. The van der Waals surface area contributed by atoms with E-state index in [9.17, 15) is 9.59 Å². The highest BCUT2D eigenvalue weighted by Crippen LogP contribution is 2.52. The van der Waals surface area contributed by atoms with Crippen molar-refractivity contribution >= 4 is 22.6 Å². The third-order valence-corrected chi connectivity index (χ3v) is 6.53. The molecule has 2 aliphatic heterocycles. The Morgan fingerprint density at radius 2 is 2.07 bits per heavy atom. The minimum atomic E-state index is -0.166. The highest BCUT2D eigenvalue weighted by Gasteiger charge is 2.65. The number of nitrogens with zero attached hydrogens (tertiary/aromatic N) is 3. The Kier molecular flexibility index (Phi) is 3.69. The standard InChI is InChI=1S/C21H25N3O3/c1-13(25)19-16-8-3-4-9-17(16)23(22-19)12-18(26)24-15(10-14-6-5-7-14)11-21(2)20(24)27-21/h3-4,8-9,14-15,20H,5-7,10-12H2,1-2H3/t15-,20-,21-/m1/s1. The van der Waals surface area contributed by atoms with Crippen LogP contribution in [0.5, 0.6) is 0 Å². The van der Waals surface area contributed by atoms with Crippen molar-refractivity contribution in [2.24, 2.45) is 5.92 Å². The van der Waals surface area contributed by atoms with E-state index in [1.165, 1.54) is 26.2 Å². The average molecular weight is 367 g/mol. The van der Waals surface area contributed by atoms with E-state index in [0.717, 1.165) is 29.7 Å². The van der Waals surface area contributed by atoms with Crippen LogP contribution in [0.4, 0.5) is 0 Å². The lowest BCUT2D eigenvalue weighted by atomic mass is 9.80. The van der Waals surface area contributed by atoms with Crippen molar-refractivity contribution in [1.82, 2.24) is 14.7 Å². The molecule has 1 aromatic carbocycles. The molecule has 6 nitrogen and oxygen atoms in total. The van der Waals surface area contributed by atoms with Crippen molar-refractivity contribution < 1.29 is 14.3 Å². The van der Waals surface area contributed by atoms with Crippen LogP contribution >= 0.6 is 0 Å². The number of hydrogen-bond acceptors (Lipinski definition) is 4. The van der Waals surface area contributed by atoms with Gasteiger partial charge in [-0.3, -0.25) is 14.3 Å². The van der Waals surface area contributed by atoms with Gasteiger partial charge in [0.1, 0.15) is 17.8 Å². The molecule has 0 radical (unpaired) electrons. The van der Waals surface area contributed by atoms with Gasteiger partial charge in [-0.15, -0.1) is 0 Å². The van der Waals surface area contributed by atoms with Crippen molar-refractivity contribution in [3.05, 3.63) is 30.0 Å². The second kappa shape index (κ2) is 5.89. The number of epoxide rings is 1. The third-order valence-electron chi connectivity index (χ3n) is 6.53. The van der Waals surface area contributed by atoms with Gasteiger partial charge in [0.15, 0.2) is 12.0 Å². The van der Waals surface area contributed by atoms with Crippen LogP contribution in [0.2, 0.25) is 0 Å². The molecule has 1 aliphatic carbocycles.